The summed E-state index contributed by atoms with van der Waals surface area (Å²) < 4.78 is 0. The van der Waals surface area contributed by atoms with Crippen LogP contribution in [0.25, 0.3) is 0 Å². The van der Waals surface area contributed by atoms with Crippen molar-refractivity contribution in [3.63, 3.8) is 0 Å². The zero-order valence-electron chi connectivity index (χ0n) is 11.0. The minimum Gasteiger partial charge on any atom is -0.338 e. The van der Waals surface area contributed by atoms with E-state index in [0.29, 0.717) is 33.7 Å². The number of carbonyl (C=O) groups excluding carboxylic acids is 1. The predicted octanol–water partition coefficient (Wildman–Crippen LogP) is 5.01. The van der Waals surface area contributed by atoms with Gasteiger partial charge in [0, 0.05) is 17.3 Å². The van der Waals surface area contributed by atoms with Gasteiger partial charge in [-0.15, -0.1) is 0 Å². The number of rotatable bonds is 4. The molecule has 2 aromatic carbocycles. The standard InChI is InChI=1S/C15H13Cl3N2O/c16-11-3-1-2-10(8-11)6-7-19-15(21)20-12-4-5-13(17)14(18)9-12/h1-5,8-9H,6-7H2,(H2,19,20,21). The summed E-state index contributed by atoms with van der Waals surface area (Å²) in [6, 6.07) is 12.2. The van der Waals surface area contributed by atoms with Gasteiger partial charge in [-0.1, -0.05) is 46.9 Å². The Hall–Kier alpha value is -1.42. The summed E-state index contributed by atoms with van der Waals surface area (Å²) in [6.45, 7) is 0.507. The SMILES string of the molecule is O=C(NCCc1cccc(Cl)c1)Nc1ccc(Cl)c(Cl)c1. The van der Waals surface area contributed by atoms with E-state index in [0.717, 1.165) is 5.56 Å². The lowest BCUT2D eigenvalue weighted by molar-refractivity contribution is 0.252. The molecule has 0 bridgehead atoms. The molecular weight excluding hydrogens is 331 g/mol. The Morgan fingerprint density at radius 3 is 2.52 bits per heavy atom. The molecule has 3 nitrogen and oxygen atoms in total. The van der Waals surface area contributed by atoms with Crippen molar-refractivity contribution in [3.8, 4) is 0 Å². The second-order valence-corrected chi connectivity index (χ2v) is 5.64. The molecule has 0 atom stereocenters. The highest BCUT2D eigenvalue weighted by molar-refractivity contribution is 6.42. The van der Waals surface area contributed by atoms with Gasteiger partial charge in [-0.05, 0) is 42.3 Å². The molecule has 110 valence electrons. The Morgan fingerprint density at radius 1 is 1.00 bits per heavy atom. The molecule has 0 aromatic heterocycles. The minimum absolute atomic E-state index is 0.296. The number of nitrogens with one attached hydrogen (secondary N) is 2. The Bertz CT molecular complexity index is 647. The maximum Gasteiger partial charge on any atom is 0.319 e. The second-order valence-electron chi connectivity index (χ2n) is 4.39. The molecule has 2 aromatic rings. The Morgan fingerprint density at radius 2 is 1.81 bits per heavy atom. The van der Waals surface area contributed by atoms with E-state index in [1.807, 2.05) is 24.3 Å². The van der Waals surface area contributed by atoms with Crippen LogP contribution in [-0.2, 0) is 6.42 Å². The molecule has 2 N–H and O–H groups in total. The fraction of sp³-hybridized carbons (Fsp3) is 0.133. The van der Waals surface area contributed by atoms with Crippen molar-refractivity contribution in [2.24, 2.45) is 0 Å². The van der Waals surface area contributed by atoms with Crippen LogP contribution in [0.4, 0.5) is 10.5 Å². The fourth-order valence-electron chi connectivity index (χ4n) is 1.76. The highest BCUT2D eigenvalue weighted by Gasteiger charge is 2.04. The van der Waals surface area contributed by atoms with Crippen LogP contribution < -0.4 is 10.6 Å². The summed E-state index contributed by atoms with van der Waals surface area (Å²) >= 11 is 17.6. The monoisotopic (exact) mass is 342 g/mol. The molecule has 0 spiro atoms. The molecule has 21 heavy (non-hydrogen) atoms. The third-order valence-corrected chi connectivity index (χ3v) is 3.74. The van der Waals surface area contributed by atoms with Gasteiger partial charge in [0.1, 0.15) is 0 Å². The minimum atomic E-state index is -0.296. The summed E-state index contributed by atoms with van der Waals surface area (Å²) in [5, 5.41) is 6.98. The van der Waals surface area contributed by atoms with E-state index in [9.17, 15) is 4.79 Å². The maximum absolute atomic E-state index is 11.7. The van der Waals surface area contributed by atoms with Gasteiger partial charge in [-0.3, -0.25) is 0 Å². The first-order valence-corrected chi connectivity index (χ1v) is 7.42. The van der Waals surface area contributed by atoms with Gasteiger partial charge < -0.3 is 10.6 Å². The number of urea groups is 1. The summed E-state index contributed by atoms with van der Waals surface area (Å²) in [7, 11) is 0. The van der Waals surface area contributed by atoms with Crippen LogP contribution >= 0.6 is 34.8 Å². The third kappa shape index (κ3) is 5.12. The van der Waals surface area contributed by atoms with E-state index in [2.05, 4.69) is 10.6 Å². The number of amides is 2. The Kier molecular flexibility index (Phi) is 5.74. The van der Waals surface area contributed by atoms with Crippen LogP contribution in [0.1, 0.15) is 5.56 Å². The van der Waals surface area contributed by atoms with E-state index >= 15 is 0 Å². The van der Waals surface area contributed by atoms with Crippen molar-refractivity contribution in [2.45, 2.75) is 6.42 Å². The smallest absolute Gasteiger partial charge is 0.319 e. The molecule has 0 radical (unpaired) electrons. The molecular formula is C15H13Cl3N2O. The lowest BCUT2D eigenvalue weighted by Gasteiger charge is -2.08. The molecule has 2 amide bonds. The number of hydrogen-bond acceptors (Lipinski definition) is 1. The van der Waals surface area contributed by atoms with Crippen molar-refractivity contribution in [2.75, 3.05) is 11.9 Å². The highest BCUT2D eigenvalue weighted by Crippen LogP contribution is 2.24. The van der Waals surface area contributed by atoms with Gasteiger partial charge >= 0.3 is 6.03 Å². The summed E-state index contributed by atoms with van der Waals surface area (Å²) in [6.07, 6.45) is 0.704. The van der Waals surface area contributed by atoms with E-state index in [1.54, 1.807) is 18.2 Å². The van der Waals surface area contributed by atoms with Gasteiger partial charge in [0.25, 0.3) is 0 Å². The zero-order valence-corrected chi connectivity index (χ0v) is 13.3. The topological polar surface area (TPSA) is 41.1 Å². The van der Waals surface area contributed by atoms with E-state index < -0.39 is 0 Å². The number of anilines is 1. The Labute approximate surface area is 138 Å². The predicted molar refractivity (Wildman–Crippen MR) is 88.6 cm³/mol. The summed E-state index contributed by atoms with van der Waals surface area (Å²) in [5.74, 6) is 0. The van der Waals surface area contributed by atoms with E-state index in [-0.39, 0.29) is 6.03 Å². The molecule has 0 fully saturated rings. The molecule has 6 heteroatoms. The van der Waals surface area contributed by atoms with Crippen molar-refractivity contribution >= 4 is 46.5 Å². The number of hydrogen-bond donors (Lipinski definition) is 2. The van der Waals surface area contributed by atoms with Crippen molar-refractivity contribution in [1.29, 1.82) is 0 Å². The van der Waals surface area contributed by atoms with Gasteiger partial charge in [-0.25, -0.2) is 4.79 Å². The first-order chi connectivity index (χ1) is 10.0. The normalized spacial score (nSPS) is 10.2. The third-order valence-electron chi connectivity index (χ3n) is 2.77. The molecule has 0 aliphatic rings. The fourth-order valence-corrected chi connectivity index (χ4v) is 2.27. The van der Waals surface area contributed by atoms with E-state index in [1.165, 1.54) is 0 Å². The molecule has 0 saturated carbocycles. The summed E-state index contributed by atoms with van der Waals surface area (Å²) in [5.41, 5.74) is 1.65. The zero-order chi connectivity index (χ0) is 15.2. The largest absolute Gasteiger partial charge is 0.338 e. The highest BCUT2D eigenvalue weighted by atomic mass is 35.5. The first-order valence-electron chi connectivity index (χ1n) is 6.29. The van der Waals surface area contributed by atoms with Gasteiger partial charge in [0.05, 0.1) is 10.0 Å². The van der Waals surface area contributed by atoms with Gasteiger partial charge in [-0.2, -0.15) is 0 Å². The van der Waals surface area contributed by atoms with Crippen LogP contribution in [0, 0.1) is 0 Å². The molecule has 0 aliphatic heterocycles. The number of halogens is 3. The first kappa shape index (κ1) is 16.0. The van der Waals surface area contributed by atoms with Crippen LogP contribution in [0.5, 0.6) is 0 Å². The molecule has 0 unspecified atom stereocenters. The molecule has 0 saturated heterocycles. The van der Waals surface area contributed by atoms with E-state index in [4.69, 9.17) is 34.8 Å². The second kappa shape index (κ2) is 7.55. The average molecular weight is 344 g/mol. The lowest BCUT2D eigenvalue weighted by atomic mass is 10.1. The Balaban J connectivity index is 1.81. The van der Waals surface area contributed by atoms with Crippen LogP contribution in [0.15, 0.2) is 42.5 Å². The van der Waals surface area contributed by atoms with Crippen molar-refractivity contribution in [3.05, 3.63) is 63.1 Å². The molecule has 2 rings (SSSR count). The average Bonchev–Trinajstić information content (AvgIpc) is 2.43. The van der Waals surface area contributed by atoms with Crippen LogP contribution in [0.3, 0.4) is 0 Å². The van der Waals surface area contributed by atoms with Crippen molar-refractivity contribution < 1.29 is 4.79 Å². The molecule has 0 heterocycles. The van der Waals surface area contributed by atoms with Gasteiger partial charge in [0.15, 0.2) is 0 Å². The molecule has 0 aliphatic carbocycles. The number of carbonyl (C=O) groups is 1. The van der Waals surface area contributed by atoms with Crippen LogP contribution in [-0.4, -0.2) is 12.6 Å². The van der Waals surface area contributed by atoms with Crippen LogP contribution in [0.2, 0.25) is 15.1 Å². The lowest BCUT2D eigenvalue weighted by Crippen LogP contribution is -2.30. The quantitative estimate of drug-likeness (QED) is 0.805. The number of benzene rings is 2. The maximum atomic E-state index is 11.7. The summed E-state index contributed by atoms with van der Waals surface area (Å²) in [4.78, 5) is 11.7. The van der Waals surface area contributed by atoms with Gasteiger partial charge in [0.2, 0.25) is 0 Å². The van der Waals surface area contributed by atoms with Crippen molar-refractivity contribution in [1.82, 2.24) is 5.32 Å².